The van der Waals surface area contributed by atoms with Crippen molar-refractivity contribution in [1.82, 2.24) is 0 Å². The molecular formula is C15H28O3S. The summed E-state index contributed by atoms with van der Waals surface area (Å²) in [7, 11) is -3.00. The van der Waals surface area contributed by atoms with Gasteiger partial charge in [0.2, 0.25) is 0 Å². The molecule has 3 nitrogen and oxygen atoms in total. The van der Waals surface area contributed by atoms with Gasteiger partial charge in [0, 0.05) is 18.6 Å². The fourth-order valence-corrected chi connectivity index (χ4v) is 3.78. The van der Waals surface area contributed by atoms with Crippen molar-refractivity contribution in [2.24, 2.45) is 17.3 Å². The van der Waals surface area contributed by atoms with E-state index in [0.29, 0.717) is 18.8 Å². The van der Waals surface area contributed by atoms with Gasteiger partial charge < -0.3 is 0 Å². The Hall–Kier alpha value is -0.380. The normalized spacial score (nSPS) is 27.0. The standard InChI is InChI=1S/C15H28O3S/c1-11(15(2,3)4)9-14(16)12-7-6-8-13(10-12)19(5,17)18/h11-13H,6-10H2,1-5H3. The summed E-state index contributed by atoms with van der Waals surface area (Å²) < 4.78 is 23.2. The molecule has 0 aliphatic heterocycles. The largest absolute Gasteiger partial charge is 0.299 e. The van der Waals surface area contributed by atoms with Gasteiger partial charge in [-0.2, -0.15) is 0 Å². The molecule has 3 atom stereocenters. The van der Waals surface area contributed by atoms with Gasteiger partial charge >= 0.3 is 0 Å². The molecule has 0 radical (unpaired) electrons. The molecule has 0 aromatic rings. The second-order valence-corrected chi connectivity index (χ2v) is 9.58. The van der Waals surface area contributed by atoms with E-state index in [1.807, 2.05) is 0 Å². The number of rotatable bonds is 4. The summed E-state index contributed by atoms with van der Waals surface area (Å²) in [6.45, 7) is 8.54. The zero-order chi connectivity index (χ0) is 14.8. The minimum absolute atomic E-state index is 0.0433. The van der Waals surface area contributed by atoms with E-state index in [4.69, 9.17) is 0 Å². The van der Waals surface area contributed by atoms with Crippen LogP contribution in [0.15, 0.2) is 0 Å². The van der Waals surface area contributed by atoms with E-state index in [9.17, 15) is 13.2 Å². The van der Waals surface area contributed by atoms with Crippen LogP contribution in [-0.2, 0) is 14.6 Å². The van der Waals surface area contributed by atoms with Crippen LogP contribution in [0.25, 0.3) is 0 Å². The smallest absolute Gasteiger partial charge is 0.150 e. The molecule has 0 amide bonds. The van der Waals surface area contributed by atoms with Crippen molar-refractivity contribution in [2.45, 2.75) is 65.0 Å². The average molecular weight is 288 g/mol. The van der Waals surface area contributed by atoms with Crippen LogP contribution in [0.2, 0.25) is 0 Å². The molecule has 0 aromatic carbocycles. The van der Waals surface area contributed by atoms with Crippen LogP contribution in [0.5, 0.6) is 0 Å². The van der Waals surface area contributed by atoms with E-state index in [2.05, 4.69) is 27.7 Å². The lowest BCUT2D eigenvalue weighted by Gasteiger charge is -2.31. The van der Waals surface area contributed by atoms with Gasteiger partial charge in [0.05, 0.1) is 5.25 Å². The van der Waals surface area contributed by atoms with Gasteiger partial charge in [0.1, 0.15) is 15.6 Å². The Kier molecular flexibility index (Phi) is 5.21. The number of Topliss-reactive ketones (excluding diaryl/α,β-unsaturated/α-hetero) is 1. The molecule has 0 N–H and O–H groups in total. The summed E-state index contributed by atoms with van der Waals surface area (Å²) >= 11 is 0. The van der Waals surface area contributed by atoms with Gasteiger partial charge in [0.15, 0.2) is 0 Å². The first kappa shape index (κ1) is 16.7. The molecule has 112 valence electrons. The fraction of sp³-hybridized carbons (Fsp3) is 0.933. The molecule has 1 aliphatic rings. The van der Waals surface area contributed by atoms with E-state index in [-0.39, 0.29) is 22.4 Å². The minimum atomic E-state index is -3.00. The first-order chi connectivity index (χ1) is 8.51. The van der Waals surface area contributed by atoms with Crippen molar-refractivity contribution in [3.8, 4) is 0 Å². The van der Waals surface area contributed by atoms with Gasteiger partial charge in [0.25, 0.3) is 0 Å². The van der Waals surface area contributed by atoms with Crippen molar-refractivity contribution in [2.75, 3.05) is 6.26 Å². The van der Waals surface area contributed by atoms with Gasteiger partial charge in [-0.15, -0.1) is 0 Å². The second-order valence-electron chi connectivity index (χ2n) is 7.25. The summed E-state index contributed by atoms with van der Waals surface area (Å²) in [5.74, 6) is 0.549. The Morgan fingerprint density at radius 1 is 1.26 bits per heavy atom. The van der Waals surface area contributed by atoms with Gasteiger partial charge in [-0.3, -0.25) is 4.79 Å². The predicted octanol–water partition coefficient (Wildman–Crippen LogP) is 3.23. The Morgan fingerprint density at radius 3 is 2.32 bits per heavy atom. The first-order valence-electron chi connectivity index (χ1n) is 7.23. The van der Waals surface area contributed by atoms with Crippen LogP contribution >= 0.6 is 0 Å². The number of carbonyl (C=O) groups excluding carboxylic acids is 1. The molecule has 1 rings (SSSR count). The number of hydrogen-bond donors (Lipinski definition) is 0. The SMILES string of the molecule is CC(CC(=O)C1CCCC(S(C)(=O)=O)C1)C(C)(C)C. The lowest BCUT2D eigenvalue weighted by molar-refractivity contribution is -0.125. The first-order valence-corrected chi connectivity index (χ1v) is 9.19. The number of carbonyl (C=O) groups is 1. The van der Waals surface area contributed by atoms with E-state index in [0.717, 1.165) is 19.3 Å². The summed E-state index contributed by atoms with van der Waals surface area (Å²) in [4.78, 5) is 12.3. The third-order valence-electron chi connectivity index (χ3n) is 4.67. The van der Waals surface area contributed by atoms with Gasteiger partial charge in [-0.05, 0) is 30.6 Å². The average Bonchev–Trinajstić information content (AvgIpc) is 2.26. The summed E-state index contributed by atoms with van der Waals surface area (Å²) in [5, 5.41) is -0.305. The van der Waals surface area contributed by atoms with Crippen molar-refractivity contribution < 1.29 is 13.2 Å². The topological polar surface area (TPSA) is 51.2 Å². The lowest BCUT2D eigenvalue weighted by atomic mass is 9.76. The predicted molar refractivity (Wildman–Crippen MR) is 78.8 cm³/mol. The van der Waals surface area contributed by atoms with Crippen LogP contribution in [0, 0.1) is 17.3 Å². The quantitative estimate of drug-likeness (QED) is 0.798. The van der Waals surface area contributed by atoms with Gasteiger partial charge in [-0.1, -0.05) is 34.1 Å². The molecule has 4 heteroatoms. The molecule has 0 spiro atoms. The molecule has 3 unspecified atom stereocenters. The molecule has 0 saturated heterocycles. The lowest BCUT2D eigenvalue weighted by Crippen LogP contribution is -2.32. The van der Waals surface area contributed by atoms with Crippen molar-refractivity contribution in [3.63, 3.8) is 0 Å². The number of sulfone groups is 1. The Balaban J connectivity index is 2.63. The molecule has 1 aliphatic carbocycles. The molecule has 0 bridgehead atoms. The highest BCUT2D eigenvalue weighted by atomic mass is 32.2. The van der Waals surface area contributed by atoms with E-state index in [1.165, 1.54) is 6.26 Å². The maximum absolute atomic E-state index is 12.3. The van der Waals surface area contributed by atoms with Crippen molar-refractivity contribution >= 4 is 15.6 Å². The molecule has 19 heavy (non-hydrogen) atoms. The zero-order valence-corrected chi connectivity index (χ0v) is 13.7. The van der Waals surface area contributed by atoms with E-state index >= 15 is 0 Å². The third-order valence-corrected chi connectivity index (χ3v) is 6.31. The van der Waals surface area contributed by atoms with Crippen molar-refractivity contribution in [1.29, 1.82) is 0 Å². The van der Waals surface area contributed by atoms with E-state index in [1.54, 1.807) is 0 Å². The fourth-order valence-electron chi connectivity index (χ4n) is 2.60. The minimum Gasteiger partial charge on any atom is -0.299 e. The summed E-state index contributed by atoms with van der Waals surface area (Å²) in [6.07, 6.45) is 4.85. The molecule has 0 heterocycles. The Labute approximate surface area is 118 Å². The highest BCUT2D eigenvalue weighted by Gasteiger charge is 2.33. The van der Waals surface area contributed by atoms with Crippen LogP contribution < -0.4 is 0 Å². The van der Waals surface area contributed by atoms with Crippen LogP contribution in [0.1, 0.15) is 59.8 Å². The molecule has 1 fully saturated rings. The van der Waals surface area contributed by atoms with E-state index < -0.39 is 9.84 Å². The maximum atomic E-state index is 12.3. The third kappa shape index (κ3) is 4.90. The monoisotopic (exact) mass is 288 g/mol. The second kappa shape index (κ2) is 5.94. The summed E-state index contributed by atoms with van der Waals surface area (Å²) in [6, 6.07) is 0. The highest BCUT2D eigenvalue weighted by Crippen LogP contribution is 2.34. The van der Waals surface area contributed by atoms with Crippen LogP contribution in [-0.4, -0.2) is 25.7 Å². The number of ketones is 1. The summed E-state index contributed by atoms with van der Waals surface area (Å²) in [5.41, 5.74) is 0.126. The number of hydrogen-bond acceptors (Lipinski definition) is 3. The highest BCUT2D eigenvalue weighted by molar-refractivity contribution is 7.91. The molecule has 1 saturated carbocycles. The zero-order valence-electron chi connectivity index (χ0n) is 12.9. The Morgan fingerprint density at radius 2 is 1.84 bits per heavy atom. The molecule has 0 aromatic heterocycles. The van der Waals surface area contributed by atoms with Crippen molar-refractivity contribution in [3.05, 3.63) is 0 Å². The van der Waals surface area contributed by atoms with Crippen LogP contribution in [0.4, 0.5) is 0 Å². The molecular weight excluding hydrogens is 260 g/mol. The van der Waals surface area contributed by atoms with Crippen LogP contribution in [0.3, 0.4) is 0 Å². The Bertz CT molecular complexity index is 417. The maximum Gasteiger partial charge on any atom is 0.150 e. The van der Waals surface area contributed by atoms with Gasteiger partial charge in [-0.25, -0.2) is 8.42 Å².